The standard InChI is InChI=1S/C43H52ClN11O6/c1-24(2)55-39-25(19-34(41(55)59)61-23-36(57)45-4)18-28(21-46-39)48-38-32(44)22-47-42(50-38)54-16-12-27(13-17-54)43(3,60)26-10-14-53(15-11-26)29-6-7-30-33(20-29)52(5)51-37(30)31-8-9-35(56)49-40(31)58/h6-7,18-22,24,26-27,31,60H,8-17,23H2,1-5H3,(H,45,57)(H,47,48,50)(H,49,56,58)/t31?,43-/m1/s1. The zero-order valence-corrected chi connectivity index (χ0v) is 35.8. The average Bonchev–Trinajstić information content (AvgIpc) is 3.58. The zero-order valence-electron chi connectivity index (χ0n) is 35.1. The van der Waals surface area contributed by atoms with Crippen molar-refractivity contribution in [3.05, 3.63) is 63.8 Å². The molecule has 5 aromatic rings. The van der Waals surface area contributed by atoms with Gasteiger partial charge in [-0.2, -0.15) is 10.1 Å². The predicted molar refractivity (Wildman–Crippen MR) is 233 cm³/mol. The summed E-state index contributed by atoms with van der Waals surface area (Å²) in [6.07, 6.45) is 7.23. The lowest BCUT2D eigenvalue weighted by Gasteiger charge is -2.46. The molecule has 0 aliphatic carbocycles. The molecule has 1 aromatic carbocycles. The third kappa shape index (κ3) is 8.32. The fraction of sp³-hybridized carbons (Fsp3) is 0.488. The Bertz CT molecular complexity index is 2560. The number of carbonyl (C=O) groups is 3. The number of fused-ring (bicyclic) bond motifs is 2. The van der Waals surface area contributed by atoms with Crippen molar-refractivity contribution < 1.29 is 24.2 Å². The normalized spacial score (nSPS) is 19.0. The molecule has 61 heavy (non-hydrogen) atoms. The van der Waals surface area contributed by atoms with E-state index in [0.29, 0.717) is 65.1 Å². The van der Waals surface area contributed by atoms with Crippen LogP contribution in [0, 0.1) is 11.8 Å². The molecule has 0 spiro atoms. The van der Waals surface area contributed by atoms with Crippen molar-refractivity contribution in [1.29, 1.82) is 0 Å². The fourth-order valence-corrected chi connectivity index (χ4v) is 9.34. The molecular formula is C43H52ClN11O6. The summed E-state index contributed by atoms with van der Waals surface area (Å²) >= 11 is 6.60. The number of halogens is 1. The molecule has 3 aliphatic rings. The number of nitrogens with one attached hydrogen (secondary N) is 3. The van der Waals surface area contributed by atoms with Gasteiger partial charge < -0.3 is 30.3 Å². The van der Waals surface area contributed by atoms with Crippen molar-refractivity contribution in [2.24, 2.45) is 18.9 Å². The minimum Gasteiger partial charge on any atom is -0.478 e. The molecule has 2 atom stereocenters. The highest BCUT2D eigenvalue weighted by Gasteiger charge is 2.42. The first-order valence-corrected chi connectivity index (χ1v) is 21.3. The summed E-state index contributed by atoms with van der Waals surface area (Å²) < 4.78 is 8.94. The molecule has 17 nitrogen and oxygen atoms in total. The number of aliphatic hydroxyl groups is 1. The van der Waals surface area contributed by atoms with Crippen LogP contribution in [0.5, 0.6) is 5.75 Å². The Morgan fingerprint density at radius 2 is 1.70 bits per heavy atom. The molecule has 3 aliphatic heterocycles. The SMILES string of the molecule is CNC(=O)COc1cc2cc(Nc3nc(N4CCC([C@](C)(O)C5CCN(c6ccc7c(C8CCC(=O)NC8=O)nn(C)c7c6)CC5)CC4)ncc3Cl)cnc2n(C(C)C)c1=O. The molecular weight excluding hydrogens is 802 g/mol. The topological polar surface area (TPSA) is 202 Å². The lowest BCUT2D eigenvalue weighted by atomic mass is 9.70. The monoisotopic (exact) mass is 853 g/mol. The first-order valence-electron chi connectivity index (χ1n) is 20.9. The molecule has 0 bridgehead atoms. The number of anilines is 4. The number of rotatable bonds is 11. The molecule has 1 unspecified atom stereocenters. The van der Waals surface area contributed by atoms with Crippen LogP contribution in [0.25, 0.3) is 21.9 Å². The van der Waals surface area contributed by atoms with Gasteiger partial charge in [0.05, 0.1) is 40.8 Å². The predicted octanol–water partition coefficient (Wildman–Crippen LogP) is 4.58. The minimum absolute atomic E-state index is 0.0440. The van der Waals surface area contributed by atoms with Crippen LogP contribution in [-0.4, -0.2) is 97.6 Å². The highest BCUT2D eigenvalue weighted by Crippen LogP contribution is 2.41. The Balaban J connectivity index is 0.894. The van der Waals surface area contributed by atoms with Crippen LogP contribution >= 0.6 is 11.6 Å². The van der Waals surface area contributed by atoms with E-state index in [-0.39, 0.29) is 53.5 Å². The first-order chi connectivity index (χ1) is 29.2. The van der Waals surface area contributed by atoms with Gasteiger partial charge in [0.15, 0.2) is 18.2 Å². The number of piperidine rings is 3. The molecule has 7 heterocycles. The van der Waals surface area contributed by atoms with Crippen LogP contribution in [0.4, 0.5) is 23.1 Å². The molecule has 0 saturated carbocycles. The van der Waals surface area contributed by atoms with Crippen molar-refractivity contribution >= 4 is 74.4 Å². The molecule has 322 valence electrons. The number of ether oxygens (including phenoxy) is 1. The quantitative estimate of drug-likeness (QED) is 0.135. The maximum atomic E-state index is 13.2. The number of likely N-dealkylation sites (N-methyl/N-ethyl adjacent to an activating group) is 1. The first kappa shape index (κ1) is 41.9. The van der Waals surface area contributed by atoms with Crippen LogP contribution < -0.4 is 36.0 Å². The van der Waals surface area contributed by atoms with E-state index in [1.807, 2.05) is 44.6 Å². The number of nitrogens with zero attached hydrogens (tertiary/aromatic N) is 8. The summed E-state index contributed by atoms with van der Waals surface area (Å²) in [6.45, 7) is 8.45. The zero-order chi connectivity index (χ0) is 43.2. The largest absolute Gasteiger partial charge is 0.478 e. The number of imide groups is 1. The fourth-order valence-electron chi connectivity index (χ4n) is 9.20. The molecule has 3 saturated heterocycles. The lowest BCUT2D eigenvalue weighted by Crippen LogP contribution is -2.51. The number of hydrogen-bond acceptors (Lipinski definition) is 13. The van der Waals surface area contributed by atoms with Crippen molar-refractivity contribution in [2.45, 2.75) is 76.9 Å². The summed E-state index contributed by atoms with van der Waals surface area (Å²) in [5, 5.41) is 26.9. The van der Waals surface area contributed by atoms with Crippen LogP contribution in [0.1, 0.15) is 76.9 Å². The molecule has 0 radical (unpaired) electrons. The second-order valence-electron chi connectivity index (χ2n) is 16.8. The van der Waals surface area contributed by atoms with Gasteiger partial charge in [-0.15, -0.1) is 0 Å². The Kier molecular flexibility index (Phi) is 11.6. The van der Waals surface area contributed by atoms with E-state index in [0.717, 1.165) is 55.4 Å². The maximum absolute atomic E-state index is 13.2. The van der Waals surface area contributed by atoms with Gasteiger partial charge in [0.1, 0.15) is 10.7 Å². The molecule has 18 heteroatoms. The smallest absolute Gasteiger partial charge is 0.294 e. The van der Waals surface area contributed by atoms with Gasteiger partial charge in [0.2, 0.25) is 17.8 Å². The number of hydrogen-bond donors (Lipinski definition) is 4. The number of amides is 3. The number of aryl methyl sites for hydroxylation is 1. The highest BCUT2D eigenvalue weighted by molar-refractivity contribution is 6.33. The van der Waals surface area contributed by atoms with Crippen molar-refractivity contribution in [1.82, 2.24) is 39.9 Å². The summed E-state index contributed by atoms with van der Waals surface area (Å²) in [5.41, 5.74) is 2.57. The maximum Gasteiger partial charge on any atom is 0.294 e. The van der Waals surface area contributed by atoms with Gasteiger partial charge in [-0.1, -0.05) is 11.6 Å². The van der Waals surface area contributed by atoms with E-state index in [2.05, 4.69) is 47.9 Å². The number of carbonyl (C=O) groups excluding carboxylic acids is 3. The van der Waals surface area contributed by atoms with Gasteiger partial charge in [-0.3, -0.25) is 33.7 Å². The molecule has 4 N–H and O–H groups in total. The number of pyridine rings is 2. The summed E-state index contributed by atoms with van der Waals surface area (Å²) in [5.74, 6) is -0.0984. The average molecular weight is 854 g/mol. The van der Waals surface area contributed by atoms with Crippen LogP contribution in [0.15, 0.2) is 47.5 Å². The Hall–Kier alpha value is -5.81. The molecule has 3 fully saturated rings. The molecule has 8 rings (SSSR count). The minimum atomic E-state index is -0.842. The second kappa shape index (κ2) is 16.9. The van der Waals surface area contributed by atoms with E-state index >= 15 is 0 Å². The second-order valence-corrected chi connectivity index (χ2v) is 17.2. The summed E-state index contributed by atoms with van der Waals surface area (Å²) in [7, 11) is 3.38. The third-order valence-electron chi connectivity index (χ3n) is 12.7. The van der Waals surface area contributed by atoms with Crippen molar-refractivity contribution in [2.75, 3.05) is 55.0 Å². The molecule has 3 amide bonds. The molecule has 4 aromatic heterocycles. The third-order valence-corrected chi connectivity index (χ3v) is 13.0. The van der Waals surface area contributed by atoms with Crippen molar-refractivity contribution in [3.8, 4) is 5.75 Å². The van der Waals surface area contributed by atoms with Crippen LogP contribution in [0.2, 0.25) is 5.02 Å². The summed E-state index contributed by atoms with van der Waals surface area (Å²) in [6, 6.07) is 9.44. The van der Waals surface area contributed by atoms with Crippen LogP contribution in [0.3, 0.4) is 0 Å². The van der Waals surface area contributed by atoms with Gasteiger partial charge in [0, 0.05) is 69.2 Å². The highest BCUT2D eigenvalue weighted by atomic mass is 35.5. The number of aromatic nitrogens is 6. The van der Waals surface area contributed by atoms with Crippen LogP contribution in [-0.2, 0) is 21.4 Å². The Morgan fingerprint density at radius 1 is 1.00 bits per heavy atom. The Labute approximate surface area is 357 Å². The Morgan fingerprint density at radius 3 is 2.38 bits per heavy atom. The van der Waals surface area contributed by atoms with E-state index in [1.165, 1.54) is 11.6 Å². The van der Waals surface area contributed by atoms with E-state index in [1.54, 1.807) is 18.5 Å². The van der Waals surface area contributed by atoms with Gasteiger partial charge >= 0.3 is 0 Å². The summed E-state index contributed by atoms with van der Waals surface area (Å²) in [4.78, 5) is 67.8. The van der Waals surface area contributed by atoms with E-state index in [4.69, 9.17) is 26.4 Å². The van der Waals surface area contributed by atoms with Gasteiger partial charge in [-0.25, -0.2) is 9.97 Å². The van der Waals surface area contributed by atoms with Crippen molar-refractivity contribution in [3.63, 3.8) is 0 Å². The van der Waals surface area contributed by atoms with Gasteiger partial charge in [-0.05, 0) is 95.0 Å². The lowest BCUT2D eigenvalue weighted by molar-refractivity contribution is -0.134. The van der Waals surface area contributed by atoms with Gasteiger partial charge in [0.25, 0.3) is 11.5 Å². The number of benzene rings is 1. The van der Waals surface area contributed by atoms with E-state index < -0.39 is 11.5 Å². The van der Waals surface area contributed by atoms with E-state index in [9.17, 15) is 24.3 Å².